The van der Waals surface area contributed by atoms with Crippen LogP contribution in [0.3, 0.4) is 0 Å². The summed E-state index contributed by atoms with van der Waals surface area (Å²) < 4.78 is 12.2. The van der Waals surface area contributed by atoms with Crippen molar-refractivity contribution >= 4 is 18.5 Å². The van der Waals surface area contributed by atoms with Crippen molar-refractivity contribution in [3.8, 4) is 0 Å². The number of piperidine rings is 1. The summed E-state index contributed by atoms with van der Waals surface area (Å²) in [5.74, 6) is -0.0185. The Balaban J connectivity index is 1.88. The lowest BCUT2D eigenvalue weighted by atomic mass is 9.77. The van der Waals surface area contributed by atoms with Gasteiger partial charge in [-0.25, -0.2) is 0 Å². The molecule has 3 heterocycles. The molecule has 1 aromatic heterocycles. The molecule has 124 valence electrons. The van der Waals surface area contributed by atoms with Crippen LogP contribution in [0.5, 0.6) is 0 Å². The van der Waals surface area contributed by atoms with Crippen LogP contribution in [0.4, 0.5) is 0 Å². The van der Waals surface area contributed by atoms with Gasteiger partial charge in [-0.15, -0.1) is 0 Å². The highest BCUT2D eigenvalue weighted by molar-refractivity contribution is 6.63. The van der Waals surface area contributed by atoms with Gasteiger partial charge < -0.3 is 14.2 Å². The second kappa shape index (κ2) is 5.91. The molecule has 0 unspecified atom stereocenters. The Labute approximate surface area is 138 Å². The molecule has 0 saturated carbocycles. The molecule has 2 fully saturated rings. The third-order valence-corrected chi connectivity index (χ3v) is 5.19. The number of hydrogen-bond donors (Lipinski definition) is 0. The fourth-order valence-electron chi connectivity index (χ4n) is 3.00. The number of likely N-dealkylation sites (tertiary alicyclic amines) is 1. The molecule has 1 amide bonds. The number of rotatable bonds is 2. The maximum Gasteiger partial charge on any atom is 0.497 e. The molecule has 0 radical (unpaired) electrons. The highest BCUT2D eigenvalue weighted by Crippen LogP contribution is 2.36. The summed E-state index contributed by atoms with van der Waals surface area (Å²) in [6.45, 7) is 9.65. The number of pyridine rings is 1. The average molecular weight is 316 g/mol. The first-order valence-electron chi connectivity index (χ1n) is 8.42. The second-order valence-electron chi connectivity index (χ2n) is 7.38. The van der Waals surface area contributed by atoms with Crippen LogP contribution in [-0.4, -0.2) is 47.2 Å². The van der Waals surface area contributed by atoms with Gasteiger partial charge in [0.05, 0.1) is 11.2 Å². The van der Waals surface area contributed by atoms with Crippen molar-refractivity contribution in [3.63, 3.8) is 0 Å². The molecule has 6 heteroatoms. The zero-order valence-electron chi connectivity index (χ0n) is 14.5. The molecule has 0 spiro atoms. The SMILES string of the molecule is CC1(C)OB(c2cccnc2C(=O)N2CCCCC2)OC1(C)C. The summed E-state index contributed by atoms with van der Waals surface area (Å²) in [5, 5.41) is 0. The van der Waals surface area contributed by atoms with E-state index in [9.17, 15) is 4.79 Å². The van der Waals surface area contributed by atoms with E-state index in [1.807, 2.05) is 44.7 Å². The Morgan fingerprint density at radius 1 is 1.13 bits per heavy atom. The third-order valence-electron chi connectivity index (χ3n) is 5.19. The lowest BCUT2D eigenvalue weighted by Gasteiger charge is -2.32. The molecule has 2 aliphatic rings. The van der Waals surface area contributed by atoms with Crippen LogP contribution in [0.15, 0.2) is 18.3 Å². The molecule has 1 aromatic rings. The fourth-order valence-corrected chi connectivity index (χ4v) is 3.00. The van der Waals surface area contributed by atoms with Gasteiger partial charge >= 0.3 is 7.12 Å². The second-order valence-corrected chi connectivity index (χ2v) is 7.38. The maximum absolute atomic E-state index is 12.9. The van der Waals surface area contributed by atoms with Gasteiger partial charge in [0, 0.05) is 24.7 Å². The zero-order valence-corrected chi connectivity index (χ0v) is 14.5. The summed E-state index contributed by atoms with van der Waals surface area (Å²) >= 11 is 0. The van der Waals surface area contributed by atoms with Gasteiger partial charge in [-0.2, -0.15) is 0 Å². The molecule has 5 nitrogen and oxygen atoms in total. The molecule has 0 aliphatic carbocycles. The molecule has 0 N–H and O–H groups in total. The van der Waals surface area contributed by atoms with E-state index < -0.39 is 18.3 Å². The van der Waals surface area contributed by atoms with Crippen molar-refractivity contribution in [2.24, 2.45) is 0 Å². The van der Waals surface area contributed by atoms with E-state index in [1.54, 1.807) is 6.20 Å². The molecule has 3 rings (SSSR count). The van der Waals surface area contributed by atoms with Crippen molar-refractivity contribution < 1.29 is 14.1 Å². The third kappa shape index (κ3) is 3.02. The molecule has 23 heavy (non-hydrogen) atoms. The largest absolute Gasteiger partial charge is 0.497 e. The van der Waals surface area contributed by atoms with Crippen LogP contribution in [0.2, 0.25) is 0 Å². The molecule has 2 saturated heterocycles. The Morgan fingerprint density at radius 3 is 2.35 bits per heavy atom. The van der Waals surface area contributed by atoms with Gasteiger partial charge in [0.25, 0.3) is 5.91 Å². The van der Waals surface area contributed by atoms with Gasteiger partial charge in [-0.05, 0) is 53.0 Å². The van der Waals surface area contributed by atoms with Crippen LogP contribution >= 0.6 is 0 Å². The van der Waals surface area contributed by atoms with Crippen LogP contribution in [0.25, 0.3) is 0 Å². The van der Waals surface area contributed by atoms with Crippen molar-refractivity contribution in [1.29, 1.82) is 0 Å². The summed E-state index contributed by atoms with van der Waals surface area (Å²) in [4.78, 5) is 19.1. The minimum atomic E-state index is -0.558. The summed E-state index contributed by atoms with van der Waals surface area (Å²) in [6.07, 6.45) is 4.97. The Bertz CT molecular complexity index is 581. The number of carbonyl (C=O) groups is 1. The number of amides is 1. The molecule has 2 aliphatic heterocycles. The summed E-state index contributed by atoms with van der Waals surface area (Å²) in [6, 6.07) is 3.71. The lowest BCUT2D eigenvalue weighted by molar-refractivity contribution is 0.00578. The van der Waals surface area contributed by atoms with Crippen LogP contribution in [-0.2, 0) is 9.31 Å². The van der Waals surface area contributed by atoms with E-state index in [0.29, 0.717) is 5.69 Å². The summed E-state index contributed by atoms with van der Waals surface area (Å²) in [5.41, 5.74) is 0.312. The van der Waals surface area contributed by atoms with E-state index in [4.69, 9.17) is 9.31 Å². The van der Waals surface area contributed by atoms with Gasteiger partial charge in [-0.1, -0.05) is 6.07 Å². The Hall–Kier alpha value is -1.40. The maximum atomic E-state index is 12.9. The monoisotopic (exact) mass is 316 g/mol. The average Bonchev–Trinajstić information content (AvgIpc) is 2.75. The van der Waals surface area contributed by atoms with Crippen LogP contribution in [0, 0.1) is 0 Å². The van der Waals surface area contributed by atoms with Crippen molar-refractivity contribution in [3.05, 3.63) is 24.0 Å². The van der Waals surface area contributed by atoms with Crippen molar-refractivity contribution in [1.82, 2.24) is 9.88 Å². The van der Waals surface area contributed by atoms with Gasteiger partial charge in [-0.3, -0.25) is 9.78 Å². The zero-order chi connectivity index (χ0) is 16.7. The number of aromatic nitrogens is 1. The lowest BCUT2D eigenvalue weighted by Crippen LogP contribution is -2.44. The number of hydrogen-bond acceptors (Lipinski definition) is 4. The quantitative estimate of drug-likeness (QED) is 0.783. The fraction of sp³-hybridized carbons (Fsp3) is 0.647. The van der Waals surface area contributed by atoms with Crippen molar-refractivity contribution in [2.75, 3.05) is 13.1 Å². The van der Waals surface area contributed by atoms with Crippen LogP contribution < -0.4 is 5.46 Å². The Morgan fingerprint density at radius 2 is 1.74 bits per heavy atom. The van der Waals surface area contributed by atoms with E-state index in [-0.39, 0.29) is 5.91 Å². The van der Waals surface area contributed by atoms with E-state index in [2.05, 4.69) is 4.98 Å². The predicted octanol–water partition coefficient (Wildman–Crippen LogP) is 2.01. The first-order chi connectivity index (χ1) is 10.8. The van der Waals surface area contributed by atoms with Gasteiger partial charge in [0.1, 0.15) is 5.69 Å². The molecule has 0 atom stereocenters. The predicted molar refractivity (Wildman–Crippen MR) is 89.7 cm³/mol. The first-order valence-corrected chi connectivity index (χ1v) is 8.42. The number of carbonyl (C=O) groups excluding carboxylic acids is 1. The summed E-state index contributed by atoms with van der Waals surface area (Å²) in [7, 11) is -0.558. The van der Waals surface area contributed by atoms with E-state index >= 15 is 0 Å². The molecular formula is C17H25BN2O3. The molecule has 0 aromatic carbocycles. The van der Waals surface area contributed by atoms with E-state index in [1.165, 1.54) is 6.42 Å². The topological polar surface area (TPSA) is 51.7 Å². The van der Waals surface area contributed by atoms with Gasteiger partial charge in [0.15, 0.2) is 0 Å². The van der Waals surface area contributed by atoms with E-state index in [0.717, 1.165) is 31.4 Å². The minimum Gasteiger partial charge on any atom is -0.399 e. The smallest absolute Gasteiger partial charge is 0.399 e. The minimum absolute atomic E-state index is 0.0185. The molecular weight excluding hydrogens is 291 g/mol. The highest BCUT2D eigenvalue weighted by Gasteiger charge is 2.52. The van der Waals surface area contributed by atoms with Crippen LogP contribution in [0.1, 0.15) is 57.4 Å². The highest BCUT2D eigenvalue weighted by atomic mass is 16.7. The Kier molecular flexibility index (Phi) is 4.23. The number of nitrogens with zero attached hydrogens (tertiary/aromatic N) is 2. The standard InChI is InChI=1S/C17H25BN2O3/c1-16(2)17(3,4)23-18(22-16)13-9-8-10-19-14(13)15(21)20-11-6-5-7-12-20/h8-10H,5-7,11-12H2,1-4H3. The molecule has 0 bridgehead atoms. The van der Waals surface area contributed by atoms with Gasteiger partial charge in [0.2, 0.25) is 0 Å². The normalized spacial score (nSPS) is 23.1. The first kappa shape index (κ1) is 16.5. The van der Waals surface area contributed by atoms with Crippen molar-refractivity contribution in [2.45, 2.75) is 58.2 Å².